The van der Waals surface area contributed by atoms with Gasteiger partial charge in [0, 0.05) is 11.1 Å². The van der Waals surface area contributed by atoms with Crippen LogP contribution in [0.3, 0.4) is 0 Å². The maximum atomic E-state index is 13.4. The van der Waals surface area contributed by atoms with Crippen molar-refractivity contribution in [1.29, 1.82) is 0 Å². The predicted molar refractivity (Wildman–Crippen MR) is 96.7 cm³/mol. The predicted octanol–water partition coefficient (Wildman–Crippen LogP) is 3.88. The maximum absolute atomic E-state index is 13.4. The van der Waals surface area contributed by atoms with Gasteiger partial charge >= 0.3 is 0 Å². The number of hydrogen-bond acceptors (Lipinski definition) is 5. The van der Waals surface area contributed by atoms with Crippen LogP contribution in [0.4, 0.5) is 0 Å². The molecular formula is C20H24O5. The standard InChI is InChI=1S/C20H24O5/c1-11-8-9-14(22-4)13(3)16(11)18(21)17-12(2)10-15(23-5)19(24-6)20(17)25-7/h8-10H,1-7H3. The number of rotatable bonds is 6. The number of carbonyl (C=O) groups is 1. The van der Waals surface area contributed by atoms with Crippen molar-refractivity contribution < 1.29 is 23.7 Å². The molecule has 5 heteroatoms. The zero-order valence-electron chi connectivity index (χ0n) is 15.8. The Morgan fingerprint density at radius 3 is 1.84 bits per heavy atom. The first kappa shape index (κ1) is 18.6. The first-order valence-corrected chi connectivity index (χ1v) is 7.89. The average molecular weight is 344 g/mol. The molecule has 0 atom stereocenters. The van der Waals surface area contributed by atoms with Crippen molar-refractivity contribution in [3.63, 3.8) is 0 Å². The smallest absolute Gasteiger partial charge is 0.204 e. The van der Waals surface area contributed by atoms with Gasteiger partial charge in [-0.05, 0) is 44.0 Å². The Labute approximate surface area is 148 Å². The van der Waals surface area contributed by atoms with Crippen molar-refractivity contribution in [3.8, 4) is 23.0 Å². The monoisotopic (exact) mass is 344 g/mol. The summed E-state index contributed by atoms with van der Waals surface area (Å²) in [7, 11) is 6.17. The molecule has 0 bridgehead atoms. The van der Waals surface area contributed by atoms with Gasteiger partial charge in [0.15, 0.2) is 17.3 Å². The average Bonchev–Trinajstić information content (AvgIpc) is 2.60. The molecule has 25 heavy (non-hydrogen) atoms. The number of carbonyl (C=O) groups excluding carboxylic acids is 1. The van der Waals surface area contributed by atoms with Crippen LogP contribution in [0.15, 0.2) is 18.2 Å². The van der Waals surface area contributed by atoms with Gasteiger partial charge in [0.25, 0.3) is 0 Å². The summed E-state index contributed by atoms with van der Waals surface area (Å²) in [6.07, 6.45) is 0. The molecule has 134 valence electrons. The first-order valence-electron chi connectivity index (χ1n) is 7.89. The summed E-state index contributed by atoms with van der Waals surface area (Å²) in [6.45, 7) is 5.63. The van der Waals surface area contributed by atoms with E-state index in [1.54, 1.807) is 20.3 Å². The van der Waals surface area contributed by atoms with Crippen LogP contribution in [-0.2, 0) is 0 Å². The minimum absolute atomic E-state index is 0.135. The number of ketones is 1. The lowest BCUT2D eigenvalue weighted by molar-refractivity contribution is 0.103. The largest absolute Gasteiger partial charge is 0.496 e. The van der Waals surface area contributed by atoms with E-state index in [1.165, 1.54) is 14.2 Å². The molecule has 0 heterocycles. The molecule has 0 aromatic heterocycles. The Morgan fingerprint density at radius 2 is 1.32 bits per heavy atom. The SMILES string of the molecule is COc1ccc(C)c(C(=O)c2c(C)cc(OC)c(OC)c2OC)c1C. The summed E-state index contributed by atoms with van der Waals surface area (Å²) in [5, 5.41) is 0. The number of hydrogen-bond donors (Lipinski definition) is 0. The van der Waals surface area contributed by atoms with Gasteiger partial charge in [-0.1, -0.05) is 6.07 Å². The normalized spacial score (nSPS) is 10.4. The third-order valence-corrected chi connectivity index (χ3v) is 4.32. The third-order valence-electron chi connectivity index (χ3n) is 4.32. The van der Waals surface area contributed by atoms with Crippen LogP contribution in [0, 0.1) is 20.8 Å². The molecule has 0 saturated carbocycles. The van der Waals surface area contributed by atoms with E-state index in [1.807, 2.05) is 32.9 Å². The molecule has 2 aromatic carbocycles. The van der Waals surface area contributed by atoms with Crippen LogP contribution in [0.1, 0.15) is 32.6 Å². The summed E-state index contributed by atoms with van der Waals surface area (Å²) in [4.78, 5) is 13.4. The van der Waals surface area contributed by atoms with E-state index in [4.69, 9.17) is 18.9 Å². The van der Waals surface area contributed by atoms with Crippen LogP contribution in [0.2, 0.25) is 0 Å². The van der Waals surface area contributed by atoms with Crippen LogP contribution in [0.5, 0.6) is 23.0 Å². The topological polar surface area (TPSA) is 54.0 Å². The highest BCUT2D eigenvalue weighted by Gasteiger charge is 2.27. The molecular weight excluding hydrogens is 320 g/mol. The second-order valence-electron chi connectivity index (χ2n) is 5.75. The van der Waals surface area contributed by atoms with Crippen molar-refractivity contribution in [2.24, 2.45) is 0 Å². The van der Waals surface area contributed by atoms with Crippen LogP contribution in [0.25, 0.3) is 0 Å². The number of aryl methyl sites for hydroxylation is 2. The minimum Gasteiger partial charge on any atom is -0.496 e. The van der Waals surface area contributed by atoms with E-state index < -0.39 is 0 Å². The van der Waals surface area contributed by atoms with Crippen molar-refractivity contribution in [3.05, 3.63) is 46.0 Å². The minimum atomic E-state index is -0.135. The zero-order chi connectivity index (χ0) is 18.7. The zero-order valence-corrected chi connectivity index (χ0v) is 15.8. The summed E-state index contributed by atoms with van der Waals surface area (Å²) in [5.41, 5.74) is 3.48. The second-order valence-corrected chi connectivity index (χ2v) is 5.75. The van der Waals surface area contributed by atoms with Gasteiger partial charge in [0.2, 0.25) is 5.75 Å². The number of benzene rings is 2. The van der Waals surface area contributed by atoms with Crippen LogP contribution < -0.4 is 18.9 Å². The van der Waals surface area contributed by atoms with Crippen molar-refractivity contribution in [2.75, 3.05) is 28.4 Å². The van der Waals surface area contributed by atoms with Gasteiger partial charge in [-0.15, -0.1) is 0 Å². The molecule has 0 aliphatic rings. The Bertz CT molecular complexity index is 808. The van der Waals surface area contributed by atoms with Crippen molar-refractivity contribution >= 4 is 5.78 Å². The fourth-order valence-corrected chi connectivity index (χ4v) is 3.08. The Morgan fingerprint density at radius 1 is 0.720 bits per heavy atom. The van der Waals surface area contributed by atoms with Gasteiger partial charge in [0.05, 0.1) is 34.0 Å². The van der Waals surface area contributed by atoms with Gasteiger partial charge < -0.3 is 18.9 Å². The van der Waals surface area contributed by atoms with Gasteiger partial charge in [0.1, 0.15) is 5.75 Å². The molecule has 0 aliphatic heterocycles. The molecule has 0 fully saturated rings. The summed E-state index contributed by atoms with van der Waals surface area (Å²) >= 11 is 0. The van der Waals surface area contributed by atoms with E-state index in [9.17, 15) is 4.79 Å². The molecule has 0 N–H and O–H groups in total. The Balaban J connectivity index is 2.77. The second kappa shape index (κ2) is 7.47. The number of methoxy groups -OCH3 is 4. The quantitative estimate of drug-likeness (QED) is 0.745. The van der Waals surface area contributed by atoms with Crippen molar-refractivity contribution in [2.45, 2.75) is 20.8 Å². The fraction of sp³-hybridized carbons (Fsp3) is 0.350. The molecule has 5 nitrogen and oxygen atoms in total. The van der Waals surface area contributed by atoms with E-state index in [-0.39, 0.29) is 5.78 Å². The summed E-state index contributed by atoms with van der Waals surface area (Å²) in [5.74, 6) is 1.82. The maximum Gasteiger partial charge on any atom is 0.204 e. The van der Waals surface area contributed by atoms with E-state index in [0.717, 1.165) is 16.7 Å². The lowest BCUT2D eigenvalue weighted by atomic mass is 9.91. The van der Waals surface area contributed by atoms with Crippen LogP contribution >= 0.6 is 0 Å². The molecule has 2 aromatic rings. The highest BCUT2D eigenvalue weighted by molar-refractivity contribution is 6.14. The summed E-state index contributed by atoms with van der Waals surface area (Å²) in [6, 6.07) is 5.52. The number of ether oxygens (including phenoxy) is 4. The molecule has 2 rings (SSSR count). The highest BCUT2D eigenvalue weighted by Crippen LogP contribution is 2.43. The van der Waals surface area contributed by atoms with Gasteiger partial charge in [-0.25, -0.2) is 0 Å². The molecule has 0 aliphatic carbocycles. The first-order chi connectivity index (χ1) is 11.9. The summed E-state index contributed by atoms with van der Waals surface area (Å²) < 4.78 is 21.6. The lowest BCUT2D eigenvalue weighted by Crippen LogP contribution is -2.12. The lowest BCUT2D eigenvalue weighted by Gasteiger charge is -2.19. The Hall–Kier alpha value is -2.69. The molecule has 0 amide bonds. The Kier molecular flexibility index (Phi) is 5.57. The molecule has 0 unspecified atom stereocenters. The van der Waals surface area contributed by atoms with Crippen LogP contribution in [-0.4, -0.2) is 34.2 Å². The highest BCUT2D eigenvalue weighted by atomic mass is 16.5. The van der Waals surface area contributed by atoms with Crippen molar-refractivity contribution in [1.82, 2.24) is 0 Å². The van der Waals surface area contributed by atoms with Gasteiger partial charge in [-0.3, -0.25) is 4.79 Å². The van der Waals surface area contributed by atoms with E-state index in [0.29, 0.717) is 34.1 Å². The fourth-order valence-electron chi connectivity index (χ4n) is 3.08. The van der Waals surface area contributed by atoms with E-state index in [2.05, 4.69) is 0 Å². The van der Waals surface area contributed by atoms with Gasteiger partial charge in [-0.2, -0.15) is 0 Å². The molecule has 0 radical (unpaired) electrons. The van der Waals surface area contributed by atoms with E-state index >= 15 is 0 Å². The molecule has 0 saturated heterocycles. The molecule has 0 spiro atoms. The third kappa shape index (κ3) is 3.14.